The van der Waals surface area contributed by atoms with Crippen LogP contribution in [-0.4, -0.2) is 49.7 Å². The Kier molecular flexibility index (Phi) is 4.94. The summed E-state index contributed by atoms with van der Waals surface area (Å²) in [7, 11) is 1.84. The molecule has 0 radical (unpaired) electrons. The Labute approximate surface area is 143 Å². The van der Waals surface area contributed by atoms with Crippen molar-refractivity contribution in [2.24, 2.45) is 13.0 Å². The molecule has 1 amide bonds. The molecule has 1 atom stereocenters. The summed E-state index contributed by atoms with van der Waals surface area (Å²) in [5, 5.41) is 13.7. The summed E-state index contributed by atoms with van der Waals surface area (Å²) in [4.78, 5) is 30.2. The lowest BCUT2D eigenvalue weighted by Gasteiger charge is -2.32. The van der Waals surface area contributed by atoms with Gasteiger partial charge in [0.1, 0.15) is 9.88 Å². The van der Waals surface area contributed by atoms with Crippen molar-refractivity contribution in [1.29, 1.82) is 0 Å². The molecule has 0 bridgehead atoms. The highest BCUT2D eigenvalue weighted by atomic mass is 32.1. The molecule has 7 nitrogen and oxygen atoms in total. The first kappa shape index (κ1) is 16.6. The average molecular weight is 348 g/mol. The molecule has 1 unspecified atom stereocenters. The zero-order valence-corrected chi connectivity index (χ0v) is 14.3. The van der Waals surface area contributed by atoms with Gasteiger partial charge in [-0.05, 0) is 25.2 Å². The number of thiazole rings is 1. The Morgan fingerprint density at radius 1 is 1.42 bits per heavy atom. The molecule has 128 valence electrons. The van der Waals surface area contributed by atoms with Gasteiger partial charge in [-0.25, -0.2) is 4.98 Å². The molecule has 0 saturated carbocycles. The Balaban J connectivity index is 1.65. The molecule has 24 heavy (non-hydrogen) atoms. The minimum Gasteiger partial charge on any atom is -0.481 e. The monoisotopic (exact) mass is 348 g/mol. The van der Waals surface area contributed by atoms with Gasteiger partial charge in [0.05, 0.1) is 12.4 Å². The third-order valence-electron chi connectivity index (χ3n) is 4.24. The fraction of sp³-hybridized carbons (Fsp3) is 0.500. The van der Waals surface area contributed by atoms with Crippen molar-refractivity contribution in [2.45, 2.75) is 25.7 Å². The van der Waals surface area contributed by atoms with Crippen LogP contribution in [0.5, 0.6) is 0 Å². The summed E-state index contributed by atoms with van der Waals surface area (Å²) in [6.07, 6.45) is 7.92. The molecule has 1 saturated heterocycles. The standard InChI is InChI=1S/C16H20N4O3S/c1-19-10-12(7-18-19)15-17-8-13(24-15)16(23)20-6-2-3-11(9-20)4-5-14(21)22/h7-8,10-11H,2-6,9H2,1H3,(H,21,22). The maximum Gasteiger partial charge on any atom is 0.303 e. The van der Waals surface area contributed by atoms with Crippen molar-refractivity contribution in [3.05, 3.63) is 23.5 Å². The number of hydrogen-bond donors (Lipinski definition) is 1. The third-order valence-corrected chi connectivity index (χ3v) is 5.28. The number of carboxylic acid groups (broad SMARTS) is 1. The number of carbonyl (C=O) groups is 2. The Bertz CT molecular complexity index is 739. The molecule has 1 N–H and O–H groups in total. The van der Waals surface area contributed by atoms with Crippen LogP contribution < -0.4 is 0 Å². The number of aliphatic carboxylic acids is 1. The van der Waals surface area contributed by atoms with Crippen molar-refractivity contribution in [3.8, 4) is 10.6 Å². The first-order valence-electron chi connectivity index (χ1n) is 7.99. The normalized spacial score (nSPS) is 17.9. The molecule has 1 fully saturated rings. The minimum atomic E-state index is -0.776. The zero-order chi connectivity index (χ0) is 17.1. The Morgan fingerprint density at radius 2 is 2.25 bits per heavy atom. The average Bonchev–Trinajstić information content (AvgIpc) is 3.21. The second-order valence-corrected chi connectivity index (χ2v) is 7.15. The van der Waals surface area contributed by atoms with Crippen LogP contribution in [0.15, 0.2) is 18.6 Å². The molecular weight excluding hydrogens is 328 g/mol. The fourth-order valence-electron chi connectivity index (χ4n) is 3.01. The minimum absolute atomic E-state index is 0.0114. The van der Waals surface area contributed by atoms with Gasteiger partial charge >= 0.3 is 5.97 Å². The van der Waals surface area contributed by atoms with Crippen LogP contribution in [0.4, 0.5) is 0 Å². The van der Waals surface area contributed by atoms with Crippen molar-refractivity contribution < 1.29 is 14.7 Å². The van der Waals surface area contributed by atoms with Crippen LogP contribution >= 0.6 is 11.3 Å². The van der Waals surface area contributed by atoms with E-state index in [9.17, 15) is 9.59 Å². The van der Waals surface area contributed by atoms with Crippen LogP contribution in [0.2, 0.25) is 0 Å². The fourth-order valence-corrected chi connectivity index (χ4v) is 3.87. The lowest BCUT2D eigenvalue weighted by molar-refractivity contribution is -0.137. The number of carbonyl (C=O) groups excluding carboxylic acids is 1. The van der Waals surface area contributed by atoms with E-state index in [0.717, 1.165) is 30.0 Å². The van der Waals surface area contributed by atoms with Gasteiger partial charge in [0.15, 0.2) is 0 Å². The Morgan fingerprint density at radius 3 is 2.96 bits per heavy atom. The van der Waals surface area contributed by atoms with E-state index in [0.29, 0.717) is 17.8 Å². The van der Waals surface area contributed by atoms with Gasteiger partial charge < -0.3 is 10.0 Å². The second-order valence-electron chi connectivity index (χ2n) is 6.12. The van der Waals surface area contributed by atoms with Gasteiger partial charge in [0, 0.05) is 38.3 Å². The number of aryl methyl sites for hydroxylation is 1. The van der Waals surface area contributed by atoms with Crippen LogP contribution in [0.25, 0.3) is 10.6 Å². The molecule has 3 heterocycles. The van der Waals surface area contributed by atoms with Gasteiger partial charge in [-0.3, -0.25) is 14.3 Å². The molecule has 8 heteroatoms. The molecule has 1 aliphatic rings. The van der Waals surface area contributed by atoms with Gasteiger partial charge in [-0.1, -0.05) is 0 Å². The molecule has 2 aromatic heterocycles. The van der Waals surface area contributed by atoms with Crippen LogP contribution in [0, 0.1) is 5.92 Å². The molecule has 2 aromatic rings. The maximum absolute atomic E-state index is 12.7. The van der Waals surface area contributed by atoms with E-state index in [4.69, 9.17) is 5.11 Å². The highest BCUT2D eigenvalue weighted by molar-refractivity contribution is 7.16. The van der Waals surface area contributed by atoms with Gasteiger partial charge in [0.2, 0.25) is 0 Å². The van der Waals surface area contributed by atoms with E-state index in [2.05, 4.69) is 10.1 Å². The molecule has 3 rings (SSSR count). The molecule has 0 aromatic carbocycles. The smallest absolute Gasteiger partial charge is 0.303 e. The summed E-state index contributed by atoms with van der Waals surface area (Å²) in [5.74, 6) is -0.519. The van der Waals surface area contributed by atoms with E-state index >= 15 is 0 Å². The van der Waals surface area contributed by atoms with Crippen molar-refractivity contribution in [1.82, 2.24) is 19.7 Å². The summed E-state index contributed by atoms with van der Waals surface area (Å²) in [6, 6.07) is 0. The SMILES string of the molecule is Cn1cc(-c2ncc(C(=O)N3CCCC(CCC(=O)O)C3)s2)cn1. The van der Waals surface area contributed by atoms with Crippen molar-refractivity contribution in [3.63, 3.8) is 0 Å². The number of rotatable bonds is 5. The van der Waals surface area contributed by atoms with Crippen LogP contribution in [0.1, 0.15) is 35.4 Å². The number of piperidine rings is 1. The predicted octanol–water partition coefficient (Wildman–Crippen LogP) is 2.26. The molecule has 1 aliphatic heterocycles. The highest BCUT2D eigenvalue weighted by Gasteiger charge is 2.26. The quantitative estimate of drug-likeness (QED) is 0.895. The summed E-state index contributed by atoms with van der Waals surface area (Å²) < 4.78 is 1.70. The number of likely N-dealkylation sites (tertiary alicyclic amines) is 1. The first-order chi connectivity index (χ1) is 11.5. The number of nitrogens with zero attached hydrogens (tertiary/aromatic N) is 4. The van der Waals surface area contributed by atoms with Crippen molar-refractivity contribution in [2.75, 3.05) is 13.1 Å². The Hall–Kier alpha value is -2.22. The second kappa shape index (κ2) is 7.12. The highest BCUT2D eigenvalue weighted by Crippen LogP contribution is 2.27. The number of aromatic nitrogens is 3. The summed E-state index contributed by atoms with van der Waals surface area (Å²) >= 11 is 1.37. The lowest BCUT2D eigenvalue weighted by Crippen LogP contribution is -2.39. The first-order valence-corrected chi connectivity index (χ1v) is 8.80. The zero-order valence-electron chi connectivity index (χ0n) is 13.5. The molecule has 0 spiro atoms. The van der Waals surface area contributed by atoms with E-state index in [1.54, 1.807) is 17.1 Å². The maximum atomic E-state index is 12.7. The lowest BCUT2D eigenvalue weighted by atomic mass is 9.93. The van der Waals surface area contributed by atoms with E-state index in [1.807, 2.05) is 18.1 Å². The van der Waals surface area contributed by atoms with Crippen LogP contribution in [-0.2, 0) is 11.8 Å². The summed E-state index contributed by atoms with van der Waals surface area (Å²) in [6.45, 7) is 1.36. The third kappa shape index (κ3) is 3.81. The summed E-state index contributed by atoms with van der Waals surface area (Å²) in [5.41, 5.74) is 0.902. The van der Waals surface area contributed by atoms with E-state index < -0.39 is 5.97 Å². The molecule has 0 aliphatic carbocycles. The number of carboxylic acids is 1. The van der Waals surface area contributed by atoms with Gasteiger partial charge in [-0.2, -0.15) is 5.10 Å². The topological polar surface area (TPSA) is 88.3 Å². The van der Waals surface area contributed by atoms with E-state index in [1.165, 1.54) is 11.3 Å². The largest absolute Gasteiger partial charge is 0.481 e. The van der Waals surface area contributed by atoms with Crippen LogP contribution in [0.3, 0.4) is 0 Å². The van der Waals surface area contributed by atoms with Crippen molar-refractivity contribution >= 4 is 23.2 Å². The number of amides is 1. The van der Waals surface area contributed by atoms with Gasteiger partial charge in [0.25, 0.3) is 5.91 Å². The van der Waals surface area contributed by atoms with E-state index in [-0.39, 0.29) is 18.2 Å². The predicted molar refractivity (Wildman–Crippen MR) is 89.8 cm³/mol. The number of hydrogen-bond acceptors (Lipinski definition) is 5. The molecular formula is C16H20N4O3S. The van der Waals surface area contributed by atoms with Gasteiger partial charge in [-0.15, -0.1) is 11.3 Å².